The highest BCUT2D eigenvalue weighted by molar-refractivity contribution is 7.99. The summed E-state index contributed by atoms with van der Waals surface area (Å²) in [7, 11) is 1.30. The average molecular weight is 229 g/mol. The summed E-state index contributed by atoms with van der Waals surface area (Å²) in [6.45, 7) is 0. The Hall–Kier alpha value is -1.07. The fraction of sp³-hybridized carbons (Fsp3) is 0.300. The molecule has 0 saturated carbocycles. The normalized spacial score (nSPS) is 12.2. The largest absolute Gasteiger partial charge is 0.468 e. The minimum atomic E-state index is -0.648. The maximum atomic E-state index is 12.6. The summed E-state index contributed by atoms with van der Waals surface area (Å²) in [6.07, 6.45) is 0. The Morgan fingerprint density at radius 1 is 1.53 bits per heavy atom. The standard InChI is InChI=1S/C10H12FNO2S/c1-14-10(13)9(12)6-15-8-4-2-7(11)3-5-8/h2-5,9H,6,12H2,1H3. The van der Waals surface area contributed by atoms with E-state index in [9.17, 15) is 9.18 Å². The van der Waals surface area contributed by atoms with Crippen LogP contribution in [0.4, 0.5) is 4.39 Å². The van der Waals surface area contributed by atoms with Crippen molar-refractivity contribution < 1.29 is 13.9 Å². The number of ether oxygens (including phenoxy) is 1. The van der Waals surface area contributed by atoms with Crippen LogP contribution in [0.15, 0.2) is 29.2 Å². The summed E-state index contributed by atoms with van der Waals surface area (Å²) in [5, 5.41) is 0. The summed E-state index contributed by atoms with van der Waals surface area (Å²) in [5.74, 6) is -0.306. The molecule has 0 bridgehead atoms. The number of methoxy groups -OCH3 is 1. The molecule has 1 unspecified atom stereocenters. The van der Waals surface area contributed by atoms with Crippen LogP contribution in [0.25, 0.3) is 0 Å². The second kappa shape index (κ2) is 5.72. The number of thioether (sulfide) groups is 1. The Kier molecular flexibility index (Phi) is 4.58. The van der Waals surface area contributed by atoms with Crippen LogP contribution in [-0.2, 0) is 9.53 Å². The lowest BCUT2D eigenvalue weighted by Crippen LogP contribution is -2.33. The SMILES string of the molecule is COC(=O)C(N)CSc1ccc(F)cc1. The number of carbonyl (C=O) groups excluding carboxylic acids is 1. The third-order valence-electron chi connectivity index (χ3n) is 1.75. The Morgan fingerprint density at radius 2 is 2.13 bits per heavy atom. The van der Waals surface area contributed by atoms with Gasteiger partial charge >= 0.3 is 5.97 Å². The Labute approximate surface area is 91.8 Å². The first-order valence-corrected chi connectivity index (χ1v) is 5.34. The Morgan fingerprint density at radius 3 is 2.67 bits per heavy atom. The summed E-state index contributed by atoms with van der Waals surface area (Å²) in [4.78, 5) is 11.8. The van der Waals surface area contributed by atoms with Crippen molar-refractivity contribution in [3.05, 3.63) is 30.1 Å². The molecule has 0 heterocycles. The molecule has 2 N–H and O–H groups in total. The van der Waals surface area contributed by atoms with Crippen molar-refractivity contribution in [2.45, 2.75) is 10.9 Å². The van der Waals surface area contributed by atoms with Crippen molar-refractivity contribution in [1.82, 2.24) is 0 Å². The molecule has 0 radical (unpaired) electrons. The molecular formula is C10H12FNO2S. The highest BCUT2D eigenvalue weighted by Gasteiger charge is 2.13. The molecule has 1 aromatic rings. The van der Waals surface area contributed by atoms with Crippen LogP contribution in [0, 0.1) is 5.82 Å². The van der Waals surface area contributed by atoms with E-state index in [1.54, 1.807) is 12.1 Å². The van der Waals surface area contributed by atoms with E-state index in [0.29, 0.717) is 5.75 Å². The molecule has 1 atom stereocenters. The number of carbonyl (C=O) groups is 1. The second-order valence-corrected chi connectivity index (χ2v) is 3.99. The molecule has 0 saturated heterocycles. The van der Waals surface area contributed by atoms with E-state index in [-0.39, 0.29) is 5.82 Å². The fourth-order valence-corrected chi connectivity index (χ4v) is 1.77. The van der Waals surface area contributed by atoms with Crippen molar-refractivity contribution in [2.24, 2.45) is 5.73 Å². The van der Waals surface area contributed by atoms with E-state index in [1.165, 1.54) is 31.0 Å². The lowest BCUT2D eigenvalue weighted by Gasteiger charge is -2.08. The number of hydrogen-bond donors (Lipinski definition) is 1. The van der Waals surface area contributed by atoms with E-state index in [0.717, 1.165) is 4.90 Å². The van der Waals surface area contributed by atoms with E-state index in [1.807, 2.05) is 0 Å². The third-order valence-corrected chi connectivity index (χ3v) is 2.88. The first kappa shape index (κ1) is 12.0. The molecule has 1 rings (SSSR count). The molecule has 82 valence electrons. The molecule has 0 amide bonds. The van der Waals surface area contributed by atoms with Crippen LogP contribution in [0.3, 0.4) is 0 Å². The Balaban J connectivity index is 2.43. The van der Waals surface area contributed by atoms with E-state index >= 15 is 0 Å². The molecule has 0 aromatic heterocycles. The van der Waals surface area contributed by atoms with Gasteiger partial charge in [-0.2, -0.15) is 0 Å². The zero-order chi connectivity index (χ0) is 11.3. The third kappa shape index (κ3) is 3.89. The predicted molar refractivity (Wildman–Crippen MR) is 57.1 cm³/mol. The van der Waals surface area contributed by atoms with Gasteiger partial charge in [0.2, 0.25) is 0 Å². The van der Waals surface area contributed by atoms with Crippen molar-refractivity contribution >= 4 is 17.7 Å². The van der Waals surface area contributed by atoms with Gasteiger partial charge in [-0.05, 0) is 24.3 Å². The molecule has 0 fully saturated rings. The van der Waals surface area contributed by atoms with Crippen molar-refractivity contribution in [2.75, 3.05) is 12.9 Å². The quantitative estimate of drug-likeness (QED) is 0.626. The maximum absolute atomic E-state index is 12.6. The molecule has 15 heavy (non-hydrogen) atoms. The number of halogens is 1. The first-order chi connectivity index (χ1) is 7.13. The van der Waals surface area contributed by atoms with Crippen LogP contribution < -0.4 is 5.73 Å². The van der Waals surface area contributed by atoms with Crippen LogP contribution in [0.2, 0.25) is 0 Å². The van der Waals surface area contributed by atoms with Gasteiger partial charge in [0, 0.05) is 10.6 Å². The predicted octanol–water partition coefficient (Wildman–Crippen LogP) is 1.42. The first-order valence-electron chi connectivity index (χ1n) is 4.35. The molecule has 0 aliphatic carbocycles. The zero-order valence-corrected chi connectivity index (χ0v) is 9.09. The summed E-state index contributed by atoms with van der Waals surface area (Å²) < 4.78 is 17.0. The molecule has 0 spiro atoms. The molecule has 5 heteroatoms. The summed E-state index contributed by atoms with van der Waals surface area (Å²) in [6, 6.07) is 5.37. The number of rotatable bonds is 4. The second-order valence-electron chi connectivity index (χ2n) is 2.89. The van der Waals surface area contributed by atoms with Crippen LogP contribution in [-0.4, -0.2) is 24.9 Å². The zero-order valence-electron chi connectivity index (χ0n) is 8.27. The average Bonchev–Trinajstić information content (AvgIpc) is 2.26. The van der Waals surface area contributed by atoms with Gasteiger partial charge in [-0.25, -0.2) is 4.39 Å². The van der Waals surface area contributed by atoms with Gasteiger partial charge in [0.1, 0.15) is 11.9 Å². The minimum absolute atomic E-state index is 0.281. The van der Waals surface area contributed by atoms with Crippen molar-refractivity contribution in [3.8, 4) is 0 Å². The topological polar surface area (TPSA) is 52.3 Å². The fourth-order valence-electron chi connectivity index (χ4n) is 0.936. The van der Waals surface area contributed by atoms with Crippen LogP contribution >= 0.6 is 11.8 Å². The summed E-state index contributed by atoms with van der Waals surface area (Å²) in [5.41, 5.74) is 5.54. The van der Waals surface area contributed by atoms with E-state index in [4.69, 9.17) is 5.73 Å². The van der Waals surface area contributed by atoms with Crippen molar-refractivity contribution in [3.63, 3.8) is 0 Å². The number of esters is 1. The minimum Gasteiger partial charge on any atom is -0.468 e. The van der Waals surface area contributed by atoms with Gasteiger partial charge in [-0.15, -0.1) is 11.8 Å². The lowest BCUT2D eigenvalue weighted by molar-refractivity contribution is -0.141. The molecule has 0 aliphatic rings. The number of nitrogens with two attached hydrogens (primary N) is 1. The van der Waals surface area contributed by atoms with Gasteiger partial charge in [0.15, 0.2) is 0 Å². The van der Waals surface area contributed by atoms with Gasteiger partial charge in [-0.3, -0.25) is 4.79 Å². The van der Waals surface area contributed by atoms with Crippen LogP contribution in [0.1, 0.15) is 0 Å². The maximum Gasteiger partial charge on any atom is 0.323 e. The van der Waals surface area contributed by atoms with Crippen LogP contribution in [0.5, 0.6) is 0 Å². The van der Waals surface area contributed by atoms with Gasteiger partial charge in [0.05, 0.1) is 7.11 Å². The molecule has 1 aromatic carbocycles. The van der Waals surface area contributed by atoms with E-state index in [2.05, 4.69) is 4.74 Å². The number of hydrogen-bond acceptors (Lipinski definition) is 4. The van der Waals surface area contributed by atoms with Gasteiger partial charge < -0.3 is 10.5 Å². The summed E-state index contributed by atoms with van der Waals surface area (Å²) >= 11 is 1.39. The smallest absolute Gasteiger partial charge is 0.323 e. The molecule has 0 aliphatic heterocycles. The Bertz CT molecular complexity index is 329. The van der Waals surface area contributed by atoms with Crippen molar-refractivity contribution in [1.29, 1.82) is 0 Å². The highest BCUT2D eigenvalue weighted by atomic mass is 32.2. The van der Waals surface area contributed by atoms with Gasteiger partial charge in [0.25, 0.3) is 0 Å². The lowest BCUT2D eigenvalue weighted by atomic mass is 10.3. The van der Waals surface area contributed by atoms with Gasteiger partial charge in [-0.1, -0.05) is 0 Å². The monoisotopic (exact) mass is 229 g/mol. The number of benzene rings is 1. The highest BCUT2D eigenvalue weighted by Crippen LogP contribution is 2.18. The van der Waals surface area contributed by atoms with E-state index < -0.39 is 12.0 Å². The molecular weight excluding hydrogens is 217 g/mol. The molecule has 3 nitrogen and oxygen atoms in total.